The fourth-order valence-electron chi connectivity index (χ4n) is 9.59. The third-order valence-corrected chi connectivity index (χ3v) is 12.7. The van der Waals surface area contributed by atoms with Gasteiger partial charge in [0, 0.05) is 44.0 Å². The van der Waals surface area contributed by atoms with Gasteiger partial charge in [0.25, 0.3) is 0 Å². The number of nitrogens with zero attached hydrogens (tertiary/aromatic N) is 1. The minimum Gasteiger partial charge on any atom is -0.456 e. The molecule has 0 unspecified atom stereocenters. The minimum absolute atomic E-state index is 0.0564. The molecule has 1 aliphatic carbocycles. The van der Waals surface area contributed by atoms with Crippen LogP contribution in [0.1, 0.15) is 25.0 Å². The van der Waals surface area contributed by atoms with E-state index in [9.17, 15) is 0 Å². The van der Waals surface area contributed by atoms with Crippen molar-refractivity contribution in [2.75, 3.05) is 4.90 Å². The minimum atomic E-state index is -0.0564. The van der Waals surface area contributed by atoms with Crippen molar-refractivity contribution in [3.8, 4) is 44.5 Å². The highest BCUT2D eigenvalue weighted by molar-refractivity contribution is 6.07. The standard InChI is InChI=1S/C57H39NO2/c1-57(2)51-18-6-3-15-45(51)46-28-23-41(35-52(46)57)36-21-26-42(27-22-36)58(43-13-9-11-37(31-43)39-24-29-55-49(33-39)47-16-4-7-19-53(47)59-55)44-14-10-12-38(32-44)40-25-30-56-50(34-40)48-17-5-8-20-54(48)60-56/h3-35H,1-2H3. The van der Waals surface area contributed by atoms with Crippen molar-refractivity contribution in [2.45, 2.75) is 19.3 Å². The van der Waals surface area contributed by atoms with Crippen molar-refractivity contribution in [2.24, 2.45) is 0 Å². The first-order valence-corrected chi connectivity index (χ1v) is 20.6. The first kappa shape index (κ1) is 34.4. The second kappa shape index (κ2) is 13.2. The van der Waals surface area contributed by atoms with Crippen molar-refractivity contribution < 1.29 is 8.83 Å². The summed E-state index contributed by atoms with van der Waals surface area (Å²) in [4.78, 5) is 2.37. The lowest BCUT2D eigenvalue weighted by molar-refractivity contribution is 0.660. The number of para-hydroxylation sites is 2. The average Bonchev–Trinajstić information content (AvgIpc) is 3.94. The van der Waals surface area contributed by atoms with E-state index in [-0.39, 0.29) is 5.41 Å². The third kappa shape index (κ3) is 5.43. The van der Waals surface area contributed by atoms with Crippen LogP contribution < -0.4 is 4.90 Å². The van der Waals surface area contributed by atoms with E-state index in [1.54, 1.807) is 0 Å². The zero-order chi connectivity index (χ0) is 40.0. The molecule has 0 saturated carbocycles. The monoisotopic (exact) mass is 769 g/mol. The molecule has 3 heteroatoms. The number of benzene rings is 9. The van der Waals surface area contributed by atoms with Crippen LogP contribution in [0.4, 0.5) is 17.1 Å². The summed E-state index contributed by atoms with van der Waals surface area (Å²) < 4.78 is 12.4. The van der Waals surface area contributed by atoms with Gasteiger partial charge < -0.3 is 13.7 Å². The molecular formula is C57H39NO2. The molecule has 9 aromatic carbocycles. The van der Waals surface area contributed by atoms with Crippen LogP contribution in [0, 0.1) is 0 Å². The molecule has 1 aliphatic rings. The number of fused-ring (bicyclic) bond motifs is 9. The van der Waals surface area contributed by atoms with Gasteiger partial charge in [0.1, 0.15) is 22.3 Å². The van der Waals surface area contributed by atoms with E-state index in [1.807, 2.05) is 24.3 Å². The molecule has 11 aromatic rings. The topological polar surface area (TPSA) is 29.5 Å². The maximum atomic E-state index is 6.18. The van der Waals surface area contributed by atoms with Crippen LogP contribution in [0.15, 0.2) is 209 Å². The lowest BCUT2D eigenvalue weighted by Crippen LogP contribution is -2.14. The Morgan fingerprint density at radius 3 is 1.40 bits per heavy atom. The summed E-state index contributed by atoms with van der Waals surface area (Å²) in [5.41, 5.74) is 19.2. The predicted octanol–water partition coefficient (Wildman–Crippen LogP) is 16.3. The molecule has 3 nitrogen and oxygen atoms in total. The molecule has 0 aliphatic heterocycles. The van der Waals surface area contributed by atoms with E-state index in [1.165, 1.54) is 33.4 Å². The van der Waals surface area contributed by atoms with Gasteiger partial charge in [-0.25, -0.2) is 0 Å². The number of furan rings is 2. The average molecular weight is 770 g/mol. The Bertz CT molecular complexity index is 3320. The van der Waals surface area contributed by atoms with Gasteiger partial charge in [-0.1, -0.05) is 135 Å². The summed E-state index contributed by atoms with van der Waals surface area (Å²) >= 11 is 0. The Labute approximate surface area is 348 Å². The molecule has 0 saturated heterocycles. The van der Waals surface area contributed by atoms with Gasteiger partial charge in [-0.3, -0.25) is 0 Å². The first-order chi connectivity index (χ1) is 29.5. The molecule has 0 N–H and O–H groups in total. The van der Waals surface area contributed by atoms with Crippen LogP contribution in [0.2, 0.25) is 0 Å². The van der Waals surface area contributed by atoms with Gasteiger partial charge in [-0.15, -0.1) is 0 Å². The van der Waals surface area contributed by atoms with Crippen LogP contribution in [-0.2, 0) is 5.41 Å². The Hall–Kier alpha value is -7.62. The summed E-state index contributed by atoms with van der Waals surface area (Å²) in [6.07, 6.45) is 0. The van der Waals surface area contributed by atoms with Crippen LogP contribution in [0.3, 0.4) is 0 Å². The van der Waals surface area contributed by atoms with Crippen molar-refractivity contribution in [1.29, 1.82) is 0 Å². The van der Waals surface area contributed by atoms with E-state index in [0.29, 0.717) is 0 Å². The maximum absolute atomic E-state index is 6.18. The van der Waals surface area contributed by atoms with Crippen molar-refractivity contribution in [3.63, 3.8) is 0 Å². The van der Waals surface area contributed by atoms with Crippen molar-refractivity contribution in [1.82, 2.24) is 0 Å². The predicted molar refractivity (Wildman–Crippen MR) is 250 cm³/mol. The van der Waals surface area contributed by atoms with Gasteiger partial charge in [0.15, 0.2) is 0 Å². The normalized spacial score (nSPS) is 13.0. The highest BCUT2D eigenvalue weighted by Gasteiger charge is 2.35. The highest BCUT2D eigenvalue weighted by Crippen LogP contribution is 2.50. The molecule has 0 amide bonds. The van der Waals surface area contributed by atoms with Crippen molar-refractivity contribution >= 4 is 60.9 Å². The Kier molecular flexibility index (Phi) is 7.58. The highest BCUT2D eigenvalue weighted by atomic mass is 16.3. The molecule has 2 aromatic heterocycles. The molecule has 2 heterocycles. The molecular weight excluding hydrogens is 731 g/mol. The smallest absolute Gasteiger partial charge is 0.135 e. The fourth-order valence-corrected chi connectivity index (χ4v) is 9.59. The maximum Gasteiger partial charge on any atom is 0.135 e. The van der Waals surface area contributed by atoms with Crippen LogP contribution >= 0.6 is 0 Å². The Morgan fingerprint density at radius 2 is 0.783 bits per heavy atom. The van der Waals surface area contributed by atoms with Gasteiger partial charge in [-0.05, 0) is 134 Å². The molecule has 60 heavy (non-hydrogen) atoms. The summed E-state index contributed by atoms with van der Waals surface area (Å²) in [6.45, 7) is 4.69. The van der Waals surface area contributed by atoms with E-state index in [0.717, 1.165) is 83.2 Å². The molecule has 0 fully saturated rings. The largest absolute Gasteiger partial charge is 0.456 e. The summed E-state index contributed by atoms with van der Waals surface area (Å²) in [5, 5.41) is 4.49. The summed E-state index contributed by atoms with van der Waals surface area (Å²) in [7, 11) is 0. The Balaban J connectivity index is 0.967. The van der Waals surface area contributed by atoms with Crippen LogP contribution in [0.5, 0.6) is 0 Å². The molecule has 0 atom stereocenters. The fraction of sp³-hybridized carbons (Fsp3) is 0.0526. The summed E-state index contributed by atoms with van der Waals surface area (Å²) in [5.74, 6) is 0. The van der Waals surface area contributed by atoms with E-state index >= 15 is 0 Å². The molecule has 284 valence electrons. The molecule has 12 rings (SSSR count). The van der Waals surface area contributed by atoms with Gasteiger partial charge in [-0.2, -0.15) is 0 Å². The zero-order valence-electron chi connectivity index (χ0n) is 33.3. The first-order valence-electron chi connectivity index (χ1n) is 20.6. The van der Waals surface area contributed by atoms with Crippen LogP contribution in [0.25, 0.3) is 88.4 Å². The van der Waals surface area contributed by atoms with E-state index in [4.69, 9.17) is 8.83 Å². The molecule has 0 spiro atoms. The van der Waals surface area contributed by atoms with E-state index in [2.05, 4.69) is 195 Å². The molecule has 0 bridgehead atoms. The number of hydrogen-bond acceptors (Lipinski definition) is 3. The number of anilines is 3. The quantitative estimate of drug-likeness (QED) is 0.169. The molecule has 0 radical (unpaired) electrons. The SMILES string of the molecule is CC1(C)c2ccccc2-c2ccc(-c3ccc(N(c4cccc(-c5ccc6oc7ccccc7c6c5)c4)c4cccc(-c5ccc6oc7ccccc7c6c5)c4)cc3)cc21. The number of hydrogen-bond donors (Lipinski definition) is 0. The zero-order valence-corrected chi connectivity index (χ0v) is 33.3. The lowest BCUT2D eigenvalue weighted by atomic mass is 9.81. The van der Waals surface area contributed by atoms with Crippen LogP contribution in [-0.4, -0.2) is 0 Å². The van der Waals surface area contributed by atoms with E-state index < -0.39 is 0 Å². The lowest BCUT2D eigenvalue weighted by Gasteiger charge is -2.27. The second-order valence-corrected chi connectivity index (χ2v) is 16.5. The second-order valence-electron chi connectivity index (χ2n) is 16.5. The van der Waals surface area contributed by atoms with Gasteiger partial charge in [0.2, 0.25) is 0 Å². The third-order valence-electron chi connectivity index (χ3n) is 12.7. The summed E-state index contributed by atoms with van der Waals surface area (Å²) in [6, 6.07) is 72.1. The van der Waals surface area contributed by atoms with Gasteiger partial charge in [0.05, 0.1) is 0 Å². The Morgan fingerprint density at radius 1 is 0.317 bits per heavy atom. The van der Waals surface area contributed by atoms with Gasteiger partial charge >= 0.3 is 0 Å². The number of rotatable bonds is 6. The van der Waals surface area contributed by atoms with Crippen molar-refractivity contribution in [3.05, 3.63) is 211 Å².